The number of carbonyl (C=O) groups excluding carboxylic acids is 1. The van der Waals surface area contributed by atoms with Crippen LogP contribution in [0.3, 0.4) is 0 Å². The zero-order chi connectivity index (χ0) is 19.2. The van der Waals surface area contributed by atoms with E-state index < -0.39 is 0 Å². The highest BCUT2D eigenvalue weighted by Gasteiger charge is 2.26. The molecule has 6 heteroatoms. The van der Waals surface area contributed by atoms with Crippen molar-refractivity contribution in [2.45, 2.75) is 13.0 Å². The van der Waals surface area contributed by atoms with Crippen LogP contribution in [0.1, 0.15) is 27.9 Å². The number of pyridine rings is 1. The number of aromatic nitrogens is 3. The van der Waals surface area contributed by atoms with E-state index in [0.29, 0.717) is 23.7 Å². The molecule has 2 heterocycles. The number of aryl methyl sites for hydroxylation is 1. The summed E-state index contributed by atoms with van der Waals surface area (Å²) in [5.74, 6) is 0.438. The van der Waals surface area contributed by atoms with Crippen LogP contribution in [0.15, 0.2) is 60.9 Å². The highest BCUT2D eigenvalue weighted by Crippen LogP contribution is 2.25. The number of likely N-dealkylation sites (N-methyl/N-ethyl adjacent to an activating group) is 1. The van der Waals surface area contributed by atoms with Crippen LogP contribution in [0.4, 0.5) is 0 Å². The molecule has 0 unspecified atom stereocenters. The molecule has 3 rings (SSSR count). The van der Waals surface area contributed by atoms with Gasteiger partial charge < -0.3 is 9.64 Å². The highest BCUT2D eigenvalue weighted by atomic mass is 16.5. The van der Waals surface area contributed by atoms with Crippen molar-refractivity contribution in [1.82, 2.24) is 19.9 Å². The van der Waals surface area contributed by atoms with E-state index in [1.54, 1.807) is 31.5 Å². The van der Waals surface area contributed by atoms with E-state index in [0.717, 1.165) is 11.3 Å². The SMILES string of the molecule is COC[C@H](c1ccccn1)N(C)C(=O)c1cnc(C)nc1-c1ccccc1. The zero-order valence-corrected chi connectivity index (χ0v) is 15.7. The number of nitrogens with zero attached hydrogens (tertiary/aromatic N) is 4. The summed E-state index contributed by atoms with van der Waals surface area (Å²) in [5.41, 5.74) is 2.72. The fourth-order valence-electron chi connectivity index (χ4n) is 2.90. The number of hydrogen-bond donors (Lipinski definition) is 0. The third-order valence-corrected chi connectivity index (χ3v) is 4.33. The molecule has 138 valence electrons. The van der Waals surface area contributed by atoms with Crippen LogP contribution < -0.4 is 0 Å². The Morgan fingerprint density at radius 3 is 2.52 bits per heavy atom. The monoisotopic (exact) mass is 362 g/mol. The van der Waals surface area contributed by atoms with Gasteiger partial charge in [0.2, 0.25) is 0 Å². The van der Waals surface area contributed by atoms with Gasteiger partial charge in [0.1, 0.15) is 5.82 Å². The summed E-state index contributed by atoms with van der Waals surface area (Å²) < 4.78 is 5.33. The van der Waals surface area contributed by atoms with E-state index in [2.05, 4.69) is 15.0 Å². The fraction of sp³-hybridized carbons (Fsp3) is 0.238. The number of methoxy groups -OCH3 is 1. The van der Waals surface area contributed by atoms with Gasteiger partial charge in [0, 0.05) is 32.1 Å². The third-order valence-electron chi connectivity index (χ3n) is 4.33. The van der Waals surface area contributed by atoms with Gasteiger partial charge in [0.25, 0.3) is 5.91 Å². The fourth-order valence-corrected chi connectivity index (χ4v) is 2.90. The molecule has 0 bridgehead atoms. The van der Waals surface area contributed by atoms with Crippen molar-refractivity contribution in [1.29, 1.82) is 0 Å². The van der Waals surface area contributed by atoms with Gasteiger partial charge in [-0.2, -0.15) is 0 Å². The standard InChI is InChI=1S/C21H22N4O2/c1-15-23-13-17(20(24-15)16-9-5-4-6-10-16)21(26)25(2)19(14-27-3)18-11-7-8-12-22-18/h4-13,19H,14H2,1-3H3/t19-/m1/s1. The molecule has 1 aromatic carbocycles. The van der Waals surface area contributed by atoms with Crippen LogP contribution in [0.2, 0.25) is 0 Å². The Morgan fingerprint density at radius 2 is 1.85 bits per heavy atom. The lowest BCUT2D eigenvalue weighted by molar-refractivity contribution is 0.0595. The number of rotatable bonds is 6. The molecule has 0 N–H and O–H groups in total. The summed E-state index contributed by atoms with van der Waals surface area (Å²) in [4.78, 5) is 28.1. The predicted octanol–water partition coefficient (Wildman–Crippen LogP) is 3.31. The van der Waals surface area contributed by atoms with Crippen molar-refractivity contribution in [3.63, 3.8) is 0 Å². The molecule has 1 amide bonds. The maximum absolute atomic E-state index is 13.3. The van der Waals surface area contributed by atoms with Crippen molar-refractivity contribution in [2.75, 3.05) is 20.8 Å². The van der Waals surface area contributed by atoms with Crippen molar-refractivity contribution >= 4 is 5.91 Å². The molecule has 0 radical (unpaired) electrons. The first-order chi connectivity index (χ1) is 13.1. The molecular formula is C21H22N4O2. The van der Waals surface area contributed by atoms with Crippen LogP contribution in [-0.2, 0) is 4.74 Å². The minimum Gasteiger partial charge on any atom is -0.382 e. The summed E-state index contributed by atoms with van der Waals surface area (Å²) in [7, 11) is 3.36. The molecule has 2 aromatic heterocycles. The first-order valence-electron chi connectivity index (χ1n) is 8.68. The van der Waals surface area contributed by atoms with Crippen molar-refractivity contribution < 1.29 is 9.53 Å². The molecule has 0 aliphatic rings. The summed E-state index contributed by atoms with van der Waals surface area (Å²) in [6.45, 7) is 2.15. The molecule has 0 aliphatic carbocycles. The lowest BCUT2D eigenvalue weighted by Gasteiger charge is -2.27. The largest absolute Gasteiger partial charge is 0.382 e. The Balaban J connectivity index is 1.99. The zero-order valence-electron chi connectivity index (χ0n) is 15.7. The van der Waals surface area contributed by atoms with Crippen LogP contribution in [-0.4, -0.2) is 46.5 Å². The summed E-state index contributed by atoms with van der Waals surface area (Å²) in [5, 5.41) is 0. The van der Waals surface area contributed by atoms with Gasteiger partial charge in [-0.1, -0.05) is 36.4 Å². The average molecular weight is 362 g/mol. The number of carbonyl (C=O) groups is 1. The minimum atomic E-state index is -0.311. The second-order valence-electron chi connectivity index (χ2n) is 6.19. The molecule has 3 aromatic rings. The van der Waals surface area contributed by atoms with E-state index >= 15 is 0 Å². The number of ether oxygens (including phenoxy) is 1. The Hall–Kier alpha value is -3.12. The maximum atomic E-state index is 13.3. The van der Waals surface area contributed by atoms with Gasteiger partial charge in [-0.25, -0.2) is 9.97 Å². The topological polar surface area (TPSA) is 68.2 Å². The Bertz CT molecular complexity index is 901. The quantitative estimate of drug-likeness (QED) is 0.673. The van der Waals surface area contributed by atoms with Gasteiger partial charge in [0.05, 0.1) is 29.6 Å². The molecule has 6 nitrogen and oxygen atoms in total. The minimum absolute atomic E-state index is 0.179. The molecule has 0 spiro atoms. The highest BCUT2D eigenvalue weighted by molar-refractivity contribution is 5.99. The summed E-state index contributed by atoms with van der Waals surface area (Å²) in [6, 6.07) is 15.0. The molecule has 0 aliphatic heterocycles. The number of benzene rings is 1. The molecule has 27 heavy (non-hydrogen) atoms. The Morgan fingerprint density at radius 1 is 1.11 bits per heavy atom. The normalized spacial score (nSPS) is 11.8. The predicted molar refractivity (Wildman–Crippen MR) is 103 cm³/mol. The number of hydrogen-bond acceptors (Lipinski definition) is 5. The summed E-state index contributed by atoms with van der Waals surface area (Å²) in [6.07, 6.45) is 3.30. The molecule has 1 atom stereocenters. The maximum Gasteiger partial charge on any atom is 0.258 e. The number of amides is 1. The van der Waals surface area contributed by atoms with Gasteiger partial charge >= 0.3 is 0 Å². The Labute approximate surface area is 158 Å². The smallest absolute Gasteiger partial charge is 0.258 e. The third kappa shape index (κ3) is 4.17. The van der Waals surface area contributed by atoms with E-state index in [-0.39, 0.29) is 11.9 Å². The molecule has 0 fully saturated rings. The van der Waals surface area contributed by atoms with Crippen LogP contribution in [0.25, 0.3) is 11.3 Å². The summed E-state index contributed by atoms with van der Waals surface area (Å²) >= 11 is 0. The second-order valence-corrected chi connectivity index (χ2v) is 6.19. The first-order valence-corrected chi connectivity index (χ1v) is 8.68. The van der Waals surface area contributed by atoms with E-state index in [9.17, 15) is 4.79 Å². The van der Waals surface area contributed by atoms with Gasteiger partial charge in [0.15, 0.2) is 0 Å². The molecule has 0 saturated carbocycles. The lowest BCUT2D eigenvalue weighted by Crippen LogP contribution is -2.34. The Kier molecular flexibility index (Phi) is 5.88. The first kappa shape index (κ1) is 18.7. The van der Waals surface area contributed by atoms with Crippen LogP contribution in [0, 0.1) is 6.92 Å². The molecule has 0 saturated heterocycles. The lowest BCUT2D eigenvalue weighted by atomic mass is 10.0. The van der Waals surface area contributed by atoms with E-state index in [1.165, 1.54) is 0 Å². The average Bonchev–Trinajstić information content (AvgIpc) is 2.72. The van der Waals surface area contributed by atoms with Crippen molar-refractivity contribution in [3.8, 4) is 11.3 Å². The van der Waals surface area contributed by atoms with E-state index in [4.69, 9.17) is 4.74 Å². The van der Waals surface area contributed by atoms with Crippen molar-refractivity contribution in [2.24, 2.45) is 0 Å². The van der Waals surface area contributed by atoms with Crippen molar-refractivity contribution in [3.05, 3.63) is 78.0 Å². The van der Waals surface area contributed by atoms with Crippen LogP contribution in [0.5, 0.6) is 0 Å². The van der Waals surface area contributed by atoms with Gasteiger partial charge in [-0.05, 0) is 19.1 Å². The van der Waals surface area contributed by atoms with E-state index in [1.807, 2.05) is 55.5 Å². The molecular weight excluding hydrogens is 340 g/mol. The second kappa shape index (κ2) is 8.51. The van der Waals surface area contributed by atoms with Gasteiger partial charge in [-0.3, -0.25) is 9.78 Å². The van der Waals surface area contributed by atoms with Gasteiger partial charge in [-0.15, -0.1) is 0 Å². The van der Waals surface area contributed by atoms with Crippen LogP contribution >= 0.6 is 0 Å².